The molecule has 15 heavy (non-hydrogen) atoms. The molecule has 0 aliphatic carbocycles. The number of hydrogen-bond acceptors (Lipinski definition) is 2. The molecule has 1 radical (unpaired) electrons. The van der Waals surface area contributed by atoms with Gasteiger partial charge >= 0.3 is 0 Å². The van der Waals surface area contributed by atoms with Crippen LogP contribution in [0.4, 0.5) is 0 Å². The van der Waals surface area contributed by atoms with Crippen LogP contribution in [0.1, 0.15) is 33.1 Å². The van der Waals surface area contributed by atoms with Crippen molar-refractivity contribution in [2.24, 2.45) is 5.92 Å². The molecular weight excluding hydrogens is 184 g/mol. The summed E-state index contributed by atoms with van der Waals surface area (Å²) in [6.07, 6.45) is 3.76. The van der Waals surface area contributed by atoms with Gasteiger partial charge in [-0.25, -0.2) is 0 Å². The first-order valence-electron chi connectivity index (χ1n) is 6.43. The van der Waals surface area contributed by atoms with E-state index in [1.165, 1.54) is 45.4 Å². The van der Waals surface area contributed by atoms with Crippen molar-refractivity contribution in [2.45, 2.75) is 39.2 Å². The molecule has 0 aromatic rings. The van der Waals surface area contributed by atoms with Crippen molar-refractivity contribution in [3.05, 3.63) is 6.92 Å². The van der Waals surface area contributed by atoms with E-state index in [-0.39, 0.29) is 0 Å². The molecule has 0 N–H and O–H groups in total. The summed E-state index contributed by atoms with van der Waals surface area (Å²) in [7, 11) is 2.22. The van der Waals surface area contributed by atoms with E-state index in [4.69, 9.17) is 0 Å². The van der Waals surface area contributed by atoms with E-state index in [1.807, 2.05) is 0 Å². The number of hydrogen-bond donors (Lipinski definition) is 0. The lowest BCUT2D eigenvalue weighted by atomic mass is 9.96. The van der Waals surface area contributed by atoms with Crippen LogP contribution < -0.4 is 0 Å². The molecule has 1 fully saturated rings. The molecule has 1 aliphatic heterocycles. The highest BCUT2D eigenvalue weighted by Gasteiger charge is 2.22. The van der Waals surface area contributed by atoms with Crippen LogP contribution in [0.3, 0.4) is 0 Å². The molecule has 89 valence electrons. The number of piperazine rings is 1. The minimum atomic E-state index is 0.634. The smallest absolute Gasteiger partial charge is 0.0113 e. The normalized spacial score (nSPS) is 24.0. The van der Waals surface area contributed by atoms with Crippen molar-refractivity contribution in [3.63, 3.8) is 0 Å². The summed E-state index contributed by atoms with van der Waals surface area (Å²) < 4.78 is 0. The lowest BCUT2D eigenvalue weighted by Gasteiger charge is -2.38. The zero-order chi connectivity index (χ0) is 11.3. The Bertz CT molecular complexity index is 162. The Morgan fingerprint density at radius 1 is 1.07 bits per heavy atom. The molecule has 1 heterocycles. The zero-order valence-corrected chi connectivity index (χ0v) is 10.7. The highest BCUT2D eigenvalue weighted by atomic mass is 15.3. The van der Waals surface area contributed by atoms with Gasteiger partial charge in [-0.1, -0.05) is 27.2 Å². The Labute approximate surface area is 95.6 Å². The monoisotopic (exact) mass is 211 g/mol. The molecule has 0 spiro atoms. The van der Waals surface area contributed by atoms with Crippen LogP contribution in [0.5, 0.6) is 0 Å². The fourth-order valence-corrected chi connectivity index (χ4v) is 2.31. The standard InChI is InChI=1S/C13H27N2/c1-5-12(3)11-13(6-2)15-9-7-14(4)8-10-15/h12-13H,3,5-11H2,1-2,4H3. The summed E-state index contributed by atoms with van der Waals surface area (Å²) in [6.45, 7) is 13.7. The Balaban J connectivity index is 2.37. The molecule has 0 aromatic heterocycles. The first kappa shape index (κ1) is 13.0. The van der Waals surface area contributed by atoms with Crippen LogP contribution in [0.2, 0.25) is 0 Å². The van der Waals surface area contributed by atoms with Crippen molar-refractivity contribution in [1.29, 1.82) is 0 Å². The second-order valence-corrected chi connectivity index (χ2v) is 4.91. The van der Waals surface area contributed by atoms with Crippen molar-refractivity contribution < 1.29 is 0 Å². The van der Waals surface area contributed by atoms with Crippen molar-refractivity contribution in [3.8, 4) is 0 Å². The largest absolute Gasteiger partial charge is 0.304 e. The minimum absolute atomic E-state index is 0.634. The number of nitrogens with zero attached hydrogens (tertiary/aromatic N) is 2. The van der Waals surface area contributed by atoms with Gasteiger partial charge in [0.25, 0.3) is 0 Å². The first-order valence-corrected chi connectivity index (χ1v) is 6.43. The second kappa shape index (κ2) is 6.49. The average Bonchev–Trinajstić information content (AvgIpc) is 2.27. The summed E-state index contributed by atoms with van der Waals surface area (Å²) >= 11 is 0. The third kappa shape index (κ3) is 4.12. The molecule has 0 saturated carbocycles. The van der Waals surface area contributed by atoms with Gasteiger partial charge in [-0.3, -0.25) is 4.90 Å². The van der Waals surface area contributed by atoms with Gasteiger partial charge in [0.2, 0.25) is 0 Å². The van der Waals surface area contributed by atoms with E-state index in [9.17, 15) is 0 Å². The molecule has 1 saturated heterocycles. The van der Waals surface area contributed by atoms with E-state index in [0.29, 0.717) is 5.92 Å². The van der Waals surface area contributed by atoms with Gasteiger partial charge in [0, 0.05) is 32.2 Å². The molecular formula is C13H27N2. The van der Waals surface area contributed by atoms with Crippen LogP contribution in [0, 0.1) is 12.8 Å². The average molecular weight is 211 g/mol. The van der Waals surface area contributed by atoms with Gasteiger partial charge in [0.15, 0.2) is 0 Å². The highest BCUT2D eigenvalue weighted by molar-refractivity contribution is 4.79. The Hall–Kier alpha value is -0.0800. The third-order valence-electron chi connectivity index (χ3n) is 3.71. The van der Waals surface area contributed by atoms with Gasteiger partial charge in [-0.2, -0.15) is 0 Å². The number of rotatable bonds is 5. The van der Waals surface area contributed by atoms with Gasteiger partial charge < -0.3 is 4.90 Å². The second-order valence-electron chi connectivity index (χ2n) is 4.91. The third-order valence-corrected chi connectivity index (χ3v) is 3.71. The van der Waals surface area contributed by atoms with Gasteiger partial charge in [0.05, 0.1) is 0 Å². The topological polar surface area (TPSA) is 6.48 Å². The van der Waals surface area contributed by atoms with E-state index in [2.05, 4.69) is 37.6 Å². The molecule has 2 atom stereocenters. The van der Waals surface area contributed by atoms with Crippen molar-refractivity contribution in [2.75, 3.05) is 33.2 Å². The van der Waals surface area contributed by atoms with E-state index in [0.717, 1.165) is 6.04 Å². The lowest BCUT2D eigenvalue weighted by Crippen LogP contribution is -2.49. The van der Waals surface area contributed by atoms with Crippen LogP contribution >= 0.6 is 0 Å². The Morgan fingerprint density at radius 3 is 2.13 bits per heavy atom. The molecule has 2 heteroatoms. The van der Waals surface area contributed by atoms with Crippen LogP contribution in [0.15, 0.2) is 0 Å². The predicted molar refractivity (Wildman–Crippen MR) is 66.9 cm³/mol. The molecule has 2 nitrogen and oxygen atoms in total. The fraction of sp³-hybridized carbons (Fsp3) is 0.923. The molecule has 1 aliphatic rings. The molecule has 2 unspecified atom stereocenters. The maximum atomic E-state index is 4.22. The van der Waals surface area contributed by atoms with Crippen LogP contribution in [-0.4, -0.2) is 49.1 Å². The lowest BCUT2D eigenvalue weighted by molar-refractivity contribution is 0.0981. The molecule has 0 bridgehead atoms. The highest BCUT2D eigenvalue weighted by Crippen LogP contribution is 2.18. The van der Waals surface area contributed by atoms with E-state index >= 15 is 0 Å². The molecule has 0 amide bonds. The summed E-state index contributed by atoms with van der Waals surface area (Å²) in [4.78, 5) is 5.08. The predicted octanol–water partition coefficient (Wildman–Crippen LogP) is 2.26. The summed E-state index contributed by atoms with van der Waals surface area (Å²) in [5.74, 6) is 0.634. The minimum Gasteiger partial charge on any atom is -0.304 e. The van der Waals surface area contributed by atoms with Crippen molar-refractivity contribution >= 4 is 0 Å². The van der Waals surface area contributed by atoms with Crippen molar-refractivity contribution in [1.82, 2.24) is 9.80 Å². The van der Waals surface area contributed by atoms with Gasteiger partial charge in [0.1, 0.15) is 0 Å². The van der Waals surface area contributed by atoms with Gasteiger partial charge in [-0.05, 0) is 25.8 Å². The quantitative estimate of drug-likeness (QED) is 0.688. The summed E-state index contributed by atoms with van der Waals surface area (Å²) in [5, 5.41) is 0. The maximum absolute atomic E-state index is 4.22. The maximum Gasteiger partial charge on any atom is 0.0113 e. The summed E-state index contributed by atoms with van der Waals surface area (Å²) in [5.41, 5.74) is 0. The Kier molecular flexibility index (Phi) is 5.62. The Morgan fingerprint density at radius 2 is 1.67 bits per heavy atom. The number of likely N-dealkylation sites (N-methyl/N-ethyl adjacent to an activating group) is 1. The molecule has 1 rings (SSSR count). The first-order chi connectivity index (χ1) is 7.17. The van der Waals surface area contributed by atoms with Crippen LogP contribution in [0.25, 0.3) is 0 Å². The van der Waals surface area contributed by atoms with Gasteiger partial charge in [-0.15, -0.1) is 0 Å². The van der Waals surface area contributed by atoms with E-state index < -0.39 is 0 Å². The SMILES string of the molecule is [CH2]C(CC)CC(CC)N1CCN(C)CC1. The van der Waals surface area contributed by atoms with Crippen LogP contribution in [-0.2, 0) is 0 Å². The fourth-order valence-electron chi connectivity index (χ4n) is 2.31. The zero-order valence-electron chi connectivity index (χ0n) is 10.7. The van der Waals surface area contributed by atoms with E-state index in [1.54, 1.807) is 0 Å². The summed E-state index contributed by atoms with van der Waals surface area (Å²) in [6, 6.07) is 0.765. The molecule has 0 aromatic carbocycles.